The zero-order valence-corrected chi connectivity index (χ0v) is 16.1. The third kappa shape index (κ3) is 16.7. The smallest absolute Gasteiger partial charge is 0.376 e. The first-order chi connectivity index (χ1) is 10.9. The van der Waals surface area contributed by atoms with Crippen LogP contribution in [0.5, 0.6) is 0 Å². The van der Waals surface area contributed by atoms with Crippen LogP contribution in [0, 0.1) is 0 Å². The van der Waals surface area contributed by atoms with E-state index < -0.39 is 13.9 Å². The van der Waals surface area contributed by atoms with Crippen LogP contribution in [0.4, 0.5) is 0 Å². The second-order valence-corrected chi connectivity index (χ2v) is 7.60. The van der Waals surface area contributed by atoms with Crippen molar-refractivity contribution in [1.82, 2.24) is 0 Å². The molecule has 0 fully saturated rings. The molecule has 0 saturated carbocycles. The van der Waals surface area contributed by atoms with Crippen LogP contribution in [0.1, 0.15) is 91.4 Å². The average Bonchev–Trinajstić information content (AvgIpc) is 2.46. The number of rotatable bonds is 16. The van der Waals surface area contributed by atoms with E-state index in [0.29, 0.717) is 6.61 Å². The lowest BCUT2D eigenvalue weighted by Crippen LogP contribution is -2.25. The minimum absolute atomic E-state index is 0.314. The monoisotopic (exact) mass is 352 g/mol. The van der Waals surface area contributed by atoms with Crippen LogP contribution in [-0.4, -0.2) is 28.6 Å². The Labute approximate surface area is 142 Å². The van der Waals surface area contributed by atoms with Crippen molar-refractivity contribution >= 4 is 7.82 Å². The summed E-state index contributed by atoms with van der Waals surface area (Å²) < 4.78 is 20.9. The van der Waals surface area contributed by atoms with Gasteiger partial charge in [-0.15, -0.1) is 0 Å². The molecule has 0 aliphatic heterocycles. The largest absolute Gasteiger partial charge is 0.469 e. The molecule has 5 nitrogen and oxygen atoms in total. The van der Waals surface area contributed by atoms with Gasteiger partial charge < -0.3 is 14.5 Å². The van der Waals surface area contributed by atoms with E-state index in [-0.39, 0.29) is 6.10 Å². The highest BCUT2D eigenvalue weighted by atomic mass is 31.2. The van der Waals surface area contributed by atoms with Crippen molar-refractivity contribution in [3.63, 3.8) is 0 Å². The molecule has 0 aliphatic rings. The van der Waals surface area contributed by atoms with Crippen molar-refractivity contribution in [3.05, 3.63) is 0 Å². The maximum absolute atomic E-state index is 10.7. The van der Waals surface area contributed by atoms with Crippen molar-refractivity contribution < 1.29 is 23.6 Å². The van der Waals surface area contributed by atoms with Gasteiger partial charge in [-0.2, -0.15) is 0 Å². The molecule has 0 spiro atoms. The molecular weight excluding hydrogens is 315 g/mol. The summed E-state index contributed by atoms with van der Waals surface area (Å²) >= 11 is 0. The summed E-state index contributed by atoms with van der Waals surface area (Å²) in [6.45, 7) is 6.26. The number of phosphoric acid groups is 1. The van der Waals surface area contributed by atoms with Crippen LogP contribution < -0.4 is 0 Å². The number of ether oxygens (including phenoxy) is 1. The van der Waals surface area contributed by atoms with Crippen molar-refractivity contribution in [2.75, 3.05) is 6.61 Å². The van der Waals surface area contributed by atoms with Crippen LogP contribution in [0.2, 0.25) is 0 Å². The van der Waals surface area contributed by atoms with E-state index in [4.69, 9.17) is 14.5 Å². The lowest BCUT2D eigenvalue weighted by atomic mass is 10.1. The molecule has 0 radical (unpaired) electrons. The van der Waals surface area contributed by atoms with Gasteiger partial charge in [-0.25, -0.2) is 4.57 Å². The highest BCUT2D eigenvalue weighted by Crippen LogP contribution is 2.38. The third-order valence-corrected chi connectivity index (χ3v) is 4.70. The van der Waals surface area contributed by atoms with Gasteiger partial charge in [0, 0.05) is 6.61 Å². The summed E-state index contributed by atoms with van der Waals surface area (Å²) in [5, 5.41) is 0. The summed E-state index contributed by atoms with van der Waals surface area (Å²) in [4.78, 5) is 17.5. The fraction of sp³-hybridized carbons (Fsp3) is 1.00. The van der Waals surface area contributed by atoms with E-state index >= 15 is 0 Å². The zero-order chi connectivity index (χ0) is 17.6. The van der Waals surface area contributed by atoms with E-state index in [1.807, 2.05) is 0 Å². The second-order valence-electron chi connectivity index (χ2n) is 6.41. The fourth-order valence-corrected chi connectivity index (χ4v) is 3.08. The van der Waals surface area contributed by atoms with Crippen molar-refractivity contribution in [2.24, 2.45) is 0 Å². The standard InChI is InChI=1S/C17H37O5P/c1-4-5-6-7-8-9-10-11-12-13-14-15-21-16(2)17(3)22-23(18,19)20/h16-17H,4-15H2,1-3H3,(H2,18,19,20). The van der Waals surface area contributed by atoms with Gasteiger partial charge in [-0.05, 0) is 20.3 Å². The Hall–Kier alpha value is 0.0700. The normalized spacial score (nSPS) is 14.8. The first kappa shape index (κ1) is 23.1. The Morgan fingerprint density at radius 3 is 1.65 bits per heavy atom. The van der Waals surface area contributed by atoms with Crippen LogP contribution in [0.25, 0.3) is 0 Å². The first-order valence-electron chi connectivity index (χ1n) is 9.22. The zero-order valence-electron chi connectivity index (χ0n) is 15.2. The van der Waals surface area contributed by atoms with Crippen LogP contribution in [0.15, 0.2) is 0 Å². The molecule has 0 bridgehead atoms. The summed E-state index contributed by atoms with van der Waals surface area (Å²) in [6, 6.07) is 0. The molecule has 0 aromatic heterocycles. The Kier molecular flexibility index (Phi) is 14.5. The van der Waals surface area contributed by atoms with Gasteiger partial charge in [0.1, 0.15) is 0 Å². The predicted molar refractivity (Wildman–Crippen MR) is 94.5 cm³/mol. The SMILES string of the molecule is CCCCCCCCCCCCCOC(C)C(C)OP(=O)(O)O. The third-order valence-electron chi connectivity index (χ3n) is 4.09. The van der Waals surface area contributed by atoms with Gasteiger partial charge in [0.15, 0.2) is 0 Å². The van der Waals surface area contributed by atoms with E-state index in [2.05, 4.69) is 11.4 Å². The number of phosphoric ester groups is 1. The lowest BCUT2D eigenvalue weighted by molar-refractivity contribution is -0.0188. The quantitative estimate of drug-likeness (QED) is 0.295. The van der Waals surface area contributed by atoms with Gasteiger partial charge in [-0.3, -0.25) is 4.52 Å². The van der Waals surface area contributed by atoms with Gasteiger partial charge in [0.05, 0.1) is 12.2 Å². The van der Waals surface area contributed by atoms with Gasteiger partial charge in [-0.1, -0.05) is 71.1 Å². The van der Waals surface area contributed by atoms with Crippen LogP contribution in [-0.2, 0) is 13.8 Å². The second kappa shape index (κ2) is 14.4. The van der Waals surface area contributed by atoms with Crippen molar-refractivity contribution in [3.8, 4) is 0 Å². The minimum atomic E-state index is -4.43. The Bertz CT molecular complexity index is 305. The number of unbranched alkanes of at least 4 members (excludes halogenated alkanes) is 10. The van der Waals surface area contributed by atoms with E-state index in [9.17, 15) is 4.57 Å². The van der Waals surface area contributed by atoms with Crippen molar-refractivity contribution in [2.45, 2.75) is 104 Å². The molecule has 2 atom stereocenters. The van der Waals surface area contributed by atoms with Crippen LogP contribution >= 0.6 is 7.82 Å². The van der Waals surface area contributed by atoms with Crippen LogP contribution in [0.3, 0.4) is 0 Å². The molecule has 0 amide bonds. The number of hydrogen-bond donors (Lipinski definition) is 2. The van der Waals surface area contributed by atoms with Gasteiger partial charge >= 0.3 is 7.82 Å². The predicted octanol–water partition coefficient (Wildman–Crippen LogP) is 5.20. The summed E-state index contributed by atoms with van der Waals surface area (Å²) in [5.74, 6) is 0. The molecule has 140 valence electrons. The Morgan fingerprint density at radius 2 is 1.22 bits per heavy atom. The molecule has 0 aliphatic carbocycles. The summed E-state index contributed by atoms with van der Waals surface area (Å²) in [5.41, 5.74) is 0. The topological polar surface area (TPSA) is 76.0 Å². The Morgan fingerprint density at radius 1 is 0.783 bits per heavy atom. The molecule has 2 N–H and O–H groups in total. The molecule has 0 rings (SSSR count). The highest BCUT2D eigenvalue weighted by molar-refractivity contribution is 7.46. The minimum Gasteiger partial charge on any atom is -0.376 e. The Balaban J connectivity index is 3.34. The molecule has 0 aromatic carbocycles. The van der Waals surface area contributed by atoms with Crippen molar-refractivity contribution in [1.29, 1.82) is 0 Å². The average molecular weight is 352 g/mol. The van der Waals surface area contributed by atoms with E-state index in [0.717, 1.165) is 12.8 Å². The van der Waals surface area contributed by atoms with E-state index in [1.165, 1.54) is 57.8 Å². The molecule has 0 heterocycles. The fourth-order valence-electron chi connectivity index (χ4n) is 2.47. The maximum atomic E-state index is 10.7. The number of hydrogen-bond acceptors (Lipinski definition) is 3. The highest BCUT2D eigenvalue weighted by Gasteiger charge is 2.23. The lowest BCUT2D eigenvalue weighted by Gasteiger charge is -2.21. The molecule has 0 aromatic rings. The molecule has 2 unspecified atom stereocenters. The molecule has 23 heavy (non-hydrogen) atoms. The molecular formula is C17H37O5P. The maximum Gasteiger partial charge on any atom is 0.469 e. The summed E-state index contributed by atoms with van der Waals surface area (Å²) in [7, 11) is -4.43. The molecule has 6 heteroatoms. The van der Waals surface area contributed by atoms with Gasteiger partial charge in [0.2, 0.25) is 0 Å². The summed E-state index contributed by atoms with van der Waals surface area (Å²) in [6.07, 6.45) is 13.3. The molecule has 0 saturated heterocycles. The first-order valence-corrected chi connectivity index (χ1v) is 10.8. The van der Waals surface area contributed by atoms with E-state index in [1.54, 1.807) is 13.8 Å². The van der Waals surface area contributed by atoms with Gasteiger partial charge in [0.25, 0.3) is 0 Å².